The molecule has 0 amide bonds. The Morgan fingerprint density at radius 3 is 2.56 bits per heavy atom. The monoisotopic (exact) mass is 396 g/mol. The predicted octanol–water partition coefficient (Wildman–Crippen LogP) is 2.65. The maximum absolute atomic E-state index is 12.8. The van der Waals surface area contributed by atoms with E-state index in [4.69, 9.17) is 18.9 Å². The van der Waals surface area contributed by atoms with E-state index in [-0.39, 0.29) is 11.5 Å². The van der Waals surface area contributed by atoms with E-state index >= 15 is 0 Å². The molecule has 148 valence electrons. The highest BCUT2D eigenvalue weighted by Crippen LogP contribution is 2.41. The standard InChI is InChI=1S/C15H26O6S2.C2H6/c1-2-15(21-14-12(23(15)17)6-5-9-20-14)22(16)11-10-19-13-7-3-4-8-18-13;1-2/h12-14H,2-11H2,1H3;1-2H3. The van der Waals surface area contributed by atoms with E-state index in [9.17, 15) is 8.42 Å². The number of fused-ring (bicyclic) bond motifs is 1. The number of hydrogen-bond acceptors (Lipinski definition) is 6. The van der Waals surface area contributed by atoms with Gasteiger partial charge in [0.15, 0.2) is 12.6 Å². The van der Waals surface area contributed by atoms with Gasteiger partial charge in [-0.2, -0.15) is 0 Å². The quantitative estimate of drug-likeness (QED) is 0.687. The number of ether oxygens (including phenoxy) is 4. The molecule has 25 heavy (non-hydrogen) atoms. The third-order valence-electron chi connectivity index (χ3n) is 4.59. The van der Waals surface area contributed by atoms with E-state index in [1.807, 2.05) is 20.8 Å². The largest absolute Gasteiger partial charge is 0.353 e. The van der Waals surface area contributed by atoms with Crippen LogP contribution in [0.25, 0.3) is 0 Å². The zero-order valence-electron chi connectivity index (χ0n) is 15.6. The van der Waals surface area contributed by atoms with Crippen LogP contribution in [-0.2, 0) is 40.5 Å². The van der Waals surface area contributed by atoms with Gasteiger partial charge in [0.05, 0.1) is 39.2 Å². The maximum atomic E-state index is 12.8. The second-order valence-electron chi connectivity index (χ2n) is 6.09. The molecule has 3 heterocycles. The van der Waals surface area contributed by atoms with Gasteiger partial charge in [0.1, 0.15) is 0 Å². The molecule has 6 atom stereocenters. The molecular formula is C17H32O6S2. The summed E-state index contributed by atoms with van der Waals surface area (Å²) in [6, 6.07) is 0. The SMILES string of the molecule is CC.CCC1(S(=O)CCOC2CCCCO2)OC2OCCCC2S1=O. The van der Waals surface area contributed by atoms with Crippen molar-refractivity contribution in [3.63, 3.8) is 0 Å². The highest BCUT2D eigenvalue weighted by molar-refractivity contribution is 8.04. The van der Waals surface area contributed by atoms with Crippen LogP contribution in [0, 0.1) is 0 Å². The fraction of sp³-hybridized carbons (Fsp3) is 1.00. The van der Waals surface area contributed by atoms with Crippen LogP contribution in [0.3, 0.4) is 0 Å². The lowest BCUT2D eigenvalue weighted by molar-refractivity contribution is -0.163. The van der Waals surface area contributed by atoms with Gasteiger partial charge in [-0.25, -0.2) is 0 Å². The first-order valence-corrected chi connectivity index (χ1v) is 12.0. The van der Waals surface area contributed by atoms with Crippen molar-refractivity contribution in [1.82, 2.24) is 0 Å². The van der Waals surface area contributed by atoms with E-state index in [2.05, 4.69) is 0 Å². The van der Waals surface area contributed by atoms with Crippen LogP contribution in [0.2, 0.25) is 0 Å². The van der Waals surface area contributed by atoms with Crippen molar-refractivity contribution in [3.05, 3.63) is 0 Å². The van der Waals surface area contributed by atoms with Crippen LogP contribution in [-0.4, -0.2) is 56.1 Å². The normalized spacial score (nSPS) is 39.2. The zero-order chi connectivity index (χ0) is 18.3. The van der Waals surface area contributed by atoms with Crippen molar-refractivity contribution in [2.45, 2.75) is 81.4 Å². The minimum Gasteiger partial charge on any atom is -0.353 e. The van der Waals surface area contributed by atoms with Gasteiger partial charge in [-0.05, 0) is 38.5 Å². The summed E-state index contributed by atoms with van der Waals surface area (Å²) in [5.41, 5.74) is 0. The van der Waals surface area contributed by atoms with Gasteiger partial charge in [-0.15, -0.1) is 0 Å². The molecule has 0 aliphatic carbocycles. The van der Waals surface area contributed by atoms with Gasteiger partial charge in [-0.1, -0.05) is 20.8 Å². The van der Waals surface area contributed by atoms with Crippen molar-refractivity contribution >= 4 is 21.6 Å². The van der Waals surface area contributed by atoms with Gasteiger partial charge in [0.2, 0.25) is 4.27 Å². The Labute approximate surface area is 156 Å². The van der Waals surface area contributed by atoms with E-state index in [0.717, 1.165) is 38.7 Å². The Morgan fingerprint density at radius 1 is 1.16 bits per heavy atom. The third kappa shape index (κ3) is 4.90. The molecule has 6 unspecified atom stereocenters. The van der Waals surface area contributed by atoms with E-state index in [1.165, 1.54) is 0 Å². The molecule has 0 N–H and O–H groups in total. The molecule has 6 nitrogen and oxygen atoms in total. The smallest absolute Gasteiger partial charge is 0.220 e. The van der Waals surface area contributed by atoms with Crippen molar-refractivity contribution in [1.29, 1.82) is 0 Å². The molecule has 3 rings (SSSR count). The van der Waals surface area contributed by atoms with E-state index in [0.29, 0.717) is 25.4 Å². The van der Waals surface area contributed by atoms with Crippen LogP contribution in [0.15, 0.2) is 0 Å². The van der Waals surface area contributed by atoms with Crippen LogP contribution >= 0.6 is 0 Å². The highest BCUT2D eigenvalue weighted by Gasteiger charge is 2.57. The summed E-state index contributed by atoms with van der Waals surface area (Å²) in [7, 11) is -2.70. The Balaban J connectivity index is 0.00000109. The molecular weight excluding hydrogens is 364 g/mol. The Bertz CT molecular complexity index is 454. The molecule has 0 spiro atoms. The summed E-state index contributed by atoms with van der Waals surface area (Å²) < 4.78 is 47.2. The Hall–Kier alpha value is 0.140. The van der Waals surface area contributed by atoms with Crippen molar-refractivity contribution in [3.8, 4) is 0 Å². The van der Waals surface area contributed by atoms with Crippen LogP contribution < -0.4 is 0 Å². The summed E-state index contributed by atoms with van der Waals surface area (Å²) in [5.74, 6) is 0.304. The maximum Gasteiger partial charge on any atom is 0.220 e. The first kappa shape index (κ1) is 21.4. The summed E-state index contributed by atoms with van der Waals surface area (Å²) in [6.45, 7) is 7.54. The van der Waals surface area contributed by atoms with Gasteiger partial charge >= 0.3 is 0 Å². The van der Waals surface area contributed by atoms with Gasteiger partial charge in [-0.3, -0.25) is 8.42 Å². The number of hydrogen-bond donors (Lipinski definition) is 0. The molecule has 3 saturated heterocycles. The fourth-order valence-corrected chi connectivity index (χ4v) is 7.37. The van der Waals surface area contributed by atoms with Gasteiger partial charge in [0.25, 0.3) is 0 Å². The Kier molecular flexibility index (Phi) is 8.98. The zero-order valence-corrected chi connectivity index (χ0v) is 17.2. The molecule has 0 bridgehead atoms. The molecule has 8 heteroatoms. The topological polar surface area (TPSA) is 71.1 Å². The van der Waals surface area contributed by atoms with Crippen LogP contribution in [0.1, 0.15) is 59.3 Å². The minimum absolute atomic E-state index is 0.157. The summed E-state index contributed by atoms with van der Waals surface area (Å²) in [5, 5.41) is -0.157. The van der Waals surface area contributed by atoms with E-state index in [1.54, 1.807) is 0 Å². The lowest BCUT2D eigenvalue weighted by Crippen LogP contribution is -2.40. The fourth-order valence-electron chi connectivity index (χ4n) is 3.29. The molecule has 3 aliphatic heterocycles. The molecule has 0 aromatic heterocycles. The molecule has 0 saturated carbocycles. The Morgan fingerprint density at radius 2 is 1.92 bits per heavy atom. The molecule has 0 radical (unpaired) electrons. The number of rotatable bonds is 6. The second-order valence-corrected chi connectivity index (χ2v) is 9.97. The van der Waals surface area contributed by atoms with Crippen molar-refractivity contribution < 1.29 is 27.4 Å². The highest BCUT2D eigenvalue weighted by atomic mass is 32.2. The van der Waals surface area contributed by atoms with E-state index < -0.39 is 32.2 Å². The molecule has 0 aromatic carbocycles. The van der Waals surface area contributed by atoms with Gasteiger partial charge < -0.3 is 18.9 Å². The van der Waals surface area contributed by atoms with Crippen LogP contribution in [0.5, 0.6) is 0 Å². The van der Waals surface area contributed by atoms with Gasteiger partial charge in [0, 0.05) is 13.2 Å². The molecule has 3 fully saturated rings. The minimum atomic E-state index is -1.39. The lowest BCUT2D eigenvalue weighted by Gasteiger charge is -2.26. The summed E-state index contributed by atoms with van der Waals surface area (Å²) in [4.78, 5) is 0. The van der Waals surface area contributed by atoms with Crippen LogP contribution in [0.4, 0.5) is 0 Å². The van der Waals surface area contributed by atoms with Crippen molar-refractivity contribution in [2.24, 2.45) is 0 Å². The first-order chi connectivity index (χ1) is 12.2. The lowest BCUT2D eigenvalue weighted by atomic mass is 10.2. The molecule has 0 aromatic rings. The first-order valence-electron chi connectivity index (χ1n) is 9.49. The molecule has 3 aliphatic rings. The predicted molar refractivity (Wildman–Crippen MR) is 98.9 cm³/mol. The second kappa shape index (κ2) is 10.5. The average molecular weight is 397 g/mol. The third-order valence-corrected chi connectivity index (χ3v) is 9.26. The summed E-state index contributed by atoms with van der Waals surface area (Å²) >= 11 is 0. The summed E-state index contributed by atoms with van der Waals surface area (Å²) in [6.07, 6.45) is 4.51. The van der Waals surface area contributed by atoms with Crippen molar-refractivity contribution in [2.75, 3.05) is 25.6 Å². The average Bonchev–Trinajstić information content (AvgIpc) is 2.97.